The van der Waals surface area contributed by atoms with Gasteiger partial charge >= 0.3 is 0 Å². The number of nitrogens with two attached hydrogens (primary N) is 1. The van der Waals surface area contributed by atoms with Gasteiger partial charge in [-0.2, -0.15) is 0 Å². The molecule has 5 heteroatoms. The number of benzene rings is 1. The van der Waals surface area contributed by atoms with Crippen molar-refractivity contribution in [2.24, 2.45) is 11.3 Å². The quantitative estimate of drug-likeness (QED) is 0.752. The molecule has 0 spiro atoms. The first-order valence-corrected chi connectivity index (χ1v) is 9.92. The van der Waals surface area contributed by atoms with E-state index in [0.717, 1.165) is 23.1 Å². The third-order valence-corrected chi connectivity index (χ3v) is 4.60. The Kier molecular flexibility index (Phi) is 7.05. The molecule has 2 aromatic rings. The Morgan fingerprint density at radius 2 is 1.79 bits per heavy atom. The van der Waals surface area contributed by atoms with Gasteiger partial charge in [-0.15, -0.1) is 0 Å². The zero-order valence-corrected chi connectivity index (χ0v) is 17.7. The molecule has 0 saturated carbocycles. The lowest BCUT2D eigenvalue weighted by molar-refractivity contribution is -0.122. The molecule has 0 aliphatic rings. The molecule has 0 aliphatic carbocycles. The Balaban J connectivity index is 2.08. The molecular weight excluding hydrogens is 350 g/mol. The lowest BCUT2D eigenvalue weighted by Gasteiger charge is -2.17. The summed E-state index contributed by atoms with van der Waals surface area (Å²) < 4.78 is 1.68. The molecule has 152 valence electrons. The van der Waals surface area contributed by atoms with Gasteiger partial charge in [0.05, 0.1) is 0 Å². The van der Waals surface area contributed by atoms with Gasteiger partial charge in [0.15, 0.2) is 0 Å². The zero-order chi connectivity index (χ0) is 20.9. The Morgan fingerprint density at radius 1 is 1.14 bits per heavy atom. The van der Waals surface area contributed by atoms with E-state index in [2.05, 4.69) is 19.2 Å². The number of hydrogen-bond acceptors (Lipinski definition) is 3. The number of rotatable bonds is 7. The summed E-state index contributed by atoms with van der Waals surface area (Å²) >= 11 is 0. The fourth-order valence-electron chi connectivity index (χ4n) is 2.96. The van der Waals surface area contributed by atoms with E-state index < -0.39 is 0 Å². The maximum Gasteiger partial charge on any atom is 0.274 e. The van der Waals surface area contributed by atoms with Crippen molar-refractivity contribution in [2.45, 2.75) is 60.5 Å². The minimum absolute atomic E-state index is 0.0269. The molecule has 5 nitrogen and oxygen atoms in total. The number of nitrogens with one attached hydrogen (secondary N) is 1. The first kappa shape index (κ1) is 21.7. The third-order valence-electron chi connectivity index (χ3n) is 4.60. The molecule has 0 bridgehead atoms. The van der Waals surface area contributed by atoms with Crippen molar-refractivity contribution >= 4 is 11.6 Å². The monoisotopic (exact) mass is 383 g/mol. The van der Waals surface area contributed by atoms with E-state index in [-0.39, 0.29) is 22.6 Å². The Hall–Kier alpha value is -2.56. The molecule has 0 atom stereocenters. The van der Waals surface area contributed by atoms with Gasteiger partial charge in [-0.3, -0.25) is 9.59 Å². The highest BCUT2D eigenvalue weighted by Gasteiger charge is 2.15. The molecule has 0 aliphatic heterocycles. The number of anilines is 1. The summed E-state index contributed by atoms with van der Waals surface area (Å²) in [5.41, 5.74) is 8.89. The summed E-state index contributed by atoms with van der Waals surface area (Å²) in [5.74, 6) is 0.579. The van der Waals surface area contributed by atoms with Crippen LogP contribution in [0.15, 0.2) is 41.3 Å². The van der Waals surface area contributed by atoms with Gasteiger partial charge in [0.1, 0.15) is 5.69 Å². The average Bonchev–Trinajstić information content (AvgIpc) is 2.60. The van der Waals surface area contributed by atoms with Crippen molar-refractivity contribution in [2.75, 3.05) is 5.73 Å². The van der Waals surface area contributed by atoms with E-state index in [9.17, 15) is 9.59 Å². The van der Waals surface area contributed by atoms with Crippen molar-refractivity contribution in [1.29, 1.82) is 0 Å². The number of hydrogen-bond donors (Lipinski definition) is 2. The van der Waals surface area contributed by atoms with E-state index >= 15 is 0 Å². The zero-order valence-electron chi connectivity index (χ0n) is 17.7. The van der Waals surface area contributed by atoms with E-state index in [1.54, 1.807) is 4.57 Å². The highest BCUT2D eigenvalue weighted by atomic mass is 16.1. The van der Waals surface area contributed by atoms with Crippen LogP contribution in [0.2, 0.25) is 0 Å². The maximum atomic E-state index is 12.5. The Labute approximate surface area is 168 Å². The number of aromatic nitrogens is 1. The summed E-state index contributed by atoms with van der Waals surface area (Å²) in [7, 11) is 0. The predicted molar refractivity (Wildman–Crippen MR) is 116 cm³/mol. The normalized spacial score (nSPS) is 11.6. The summed E-state index contributed by atoms with van der Waals surface area (Å²) in [4.78, 5) is 24.5. The minimum atomic E-state index is -0.142. The van der Waals surface area contributed by atoms with Crippen LogP contribution in [0.25, 0.3) is 11.1 Å². The SMILES string of the molecule is CC(C)CCn1ccc(-c2ccc(CNC(=O)CC(C)(C)C)cc2)c(N)c1=O. The molecule has 3 N–H and O–H groups in total. The van der Waals surface area contributed by atoms with Gasteiger partial charge in [0, 0.05) is 31.3 Å². The highest BCUT2D eigenvalue weighted by molar-refractivity contribution is 5.77. The Bertz CT molecular complexity index is 859. The van der Waals surface area contributed by atoms with Crippen LogP contribution in [0.5, 0.6) is 0 Å². The fraction of sp³-hybridized carbons (Fsp3) is 0.478. The smallest absolute Gasteiger partial charge is 0.274 e. The second-order valence-electron chi connectivity index (χ2n) is 9.04. The molecule has 0 radical (unpaired) electrons. The molecule has 28 heavy (non-hydrogen) atoms. The first-order chi connectivity index (χ1) is 13.1. The fourth-order valence-corrected chi connectivity index (χ4v) is 2.96. The summed E-state index contributed by atoms with van der Waals surface area (Å²) in [6.07, 6.45) is 3.25. The van der Waals surface area contributed by atoms with Crippen LogP contribution in [0.1, 0.15) is 53.0 Å². The standard InChI is InChI=1S/C23H33N3O2/c1-16(2)10-12-26-13-11-19(21(24)22(26)28)18-8-6-17(7-9-18)15-25-20(27)14-23(3,4)5/h6-9,11,13,16H,10,12,14-15,24H2,1-5H3,(H,25,27). The van der Waals surface area contributed by atoms with Gasteiger partial charge in [0.25, 0.3) is 5.56 Å². The minimum Gasteiger partial charge on any atom is -0.394 e. The lowest BCUT2D eigenvalue weighted by Crippen LogP contribution is -2.27. The van der Waals surface area contributed by atoms with Crippen LogP contribution >= 0.6 is 0 Å². The van der Waals surface area contributed by atoms with Gasteiger partial charge in [0.2, 0.25) is 5.91 Å². The van der Waals surface area contributed by atoms with E-state index in [0.29, 0.717) is 25.4 Å². The molecule has 1 aromatic heterocycles. The number of amides is 1. The van der Waals surface area contributed by atoms with Crippen molar-refractivity contribution in [1.82, 2.24) is 9.88 Å². The second-order valence-corrected chi connectivity index (χ2v) is 9.04. The average molecular weight is 384 g/mol. The van der Waals surface area contributed by atoms with E-state index in [4.69, 9.17) is 5.73 Å². The van der Waals surface area contributed by atoms with Crippen LogP contribution < -0.4 is 16.6 Å². The second kappa shape index (κ2) is 9.09. The molecule has 2 rings (SSSR count). The van der Waals surface area contributed by atoms with Gasteiger partial charge in [-0.25, -0.2) is 0 Å². The summed E-state index contributed by atoms with van der Waals surface area (Å²) in [6.45, 7) is 11.6. The van der Waals surface area contributed by atoms with Crippen molar-refractivity contribution in [3.8, 4) is 11.1 Å². The van der Waals surface area contributed by atoms with Crippen LogP contribution in [-0.2, 0) is 17.9 Å². The number of nitrogen functional groups attached to an aromatic ring is 1. The van der Waals surface area contributed by atoms with Crippen molar-refractivity contribution in [3.63, 3.8) is 0 Å². The topological polar surface area (TPSA) is 77.1 Å². The molecule has 1 heterocycles. The van der Waals surface area contributed by atoms with Crippen molar-refractivity contribution in [3.05, 3.63) is 52.4 Å². The molecule has 1 aromatic carbocycles. The number of pyridine rings is 1. The summed E-state index contributed by atoms with van der Waals surface area (Å²) in [5, 5.41) is 2.95. The van der Waals surface area contributed by atoms with Gasteiger partial charge in [-0.1, -0.05) is 58.9 Å². The molecular formula is C23H33N3O2. The summed E-state index contributed by atoms with van der Waals surface area (Å²) in [6, 6.07) is 9.69. The van der Waals surface area contributed by atoms with Gasteiger partial charge < -0.3 is 15.6 Å². The van der Waals surface area contributed by atoms with Crippen LogP contribution in [0.3, 0.4) is 0 Å². The predicted octanol–water partition coefficient (Wildman–Crippen LogP) is 4.20. The lowest BCUT2D eigenvalue weighted by atomic mass is 9.92. The van der Waals surface area contributed by atoms with Gasteiger partial charge in [-0.05, 0) is 34.9 Å². The van der Waals surface area contributed by atoms with Crippen LogP contribution in [0.4, 0.5) is 5.69 Å². The molecule has 0 saturated heterocycles. The number of carbonyl (C=O) groups excluding carboxylic acids is 1. The Morgan fingerprint density at radius 3 is 2.36 bits per heavy atom. The molecule has 1 amide bonds. The molecule has 0 unspecified atom stereocenters. The number of aryl methyl sites for hydroxylation is 1. The van der Waals surface area contributed by atoms with Crippen LogP contribution in [-0.4, -0.2) is 10.5 Å². The third kappa shape index (κ3) is 6.25. The van der Waals surface area contributed by atoms with E-state index in [1.165, 1.54) is 0 Å². The van der Waals surface area contributed by atoms with Crippen LogP contribution in [0, 0.1) is 11.3 Å². The number of nitrogens with zero attached hydrogens (tertiary/aromatic N) is 1. The molecule has 0 fully saturated rings. The largest absolute Gasteiger partial charge is 0.394 e. The first-order valence-electron chi connectivity index (χ1n) is 9.92. The maximum absolute atomic E-state index is 12.5. The number of carbonyl (C=O) groups is 1. The van der Waals surface area contributed by atoms with E-state index in [1.807, 2.05) is 57.3 Å². The highest BCUT2D eigenvalue weighted by Crippen LogP contribution is 2.24. The van der Waals surface area contributed by atoms with Crippen molar-refractivity contribution < 1.29 is 4.79 Å².